The lowest BCUT2D eigenvalue weighted by atomic mass is 10.1. The van der Waals surface area contributed by atoms with Crippen LogP contribution in [0.3, 0.4) is 0 Å². The maximum Gasteiger partial charge on any atom is 0.0726 e. The highest BCUT2D eigenvalue weighted by Crippen LogP contribution is 2.33. The van der Waals surface area contributed by atoms with Crippen molar-refractivity contribution in [2.45, 2.75) is 25.4 Å². The van der Waals surface area contributed by atoms with Crippen molar-refractivity contribution in [2.75, 3.05) is 18.0 Å². The second kappa shape index (κ2) is 3.69. The molecule has 3 heteroatoms. The van der Waals surface area contributed by atoms with E-state index in [9.17, 15) is 0 Å². The van der Waals surface area contributed by atoms with E-state index in [0.717, 1.165) is 24.3 Å². The van der Waals surface area contributed by atoms with E-state index in [4.69, 9.17) is 0 Å². The first-order chi connectivity index (χ1) is 8.81. The SMILES string of the molecule is Cc1ccc2c(N3C[C@@H]4C[C@H]3CN4)cccc2n1. The molecule has 2 aromatic rings. The van der Waals surface area contributed by atoms with E-state index >= 15 is 0 Å². The van der Waals surface area contributed by atoms with Crippen LogP contribution in [0.15, 0.2) is 30.3 Å². The van der Waals surface area contributed by atoms with Crippen molar-refractivity contribution in [3.05, 3.63) is 36.0 Å². The second-order valence-electron chi connectivity index (χ2n) is 5.44. The molecule has 3 nitrogen and oxygen atoms in total. The summed E-state index contributed by atoms with van der Waals surface area (Å²) in [6.45, 7) is 4.31. The second-order valence-corrected chi connectivity index (χ2v) is 5.44. The third-order valence-corrected chi connectivity index (χ3v) is 4.21. The molecule has 0 unspecified atom stereocenters. The number of pyridine rings is 1. The molecule has 0 saturated carbocycles. The predicted molar refractivity (Wildman–Crippen MR) is 74.0 cm³/mol. The Kier molecular flexibility index (Phi) is 2.12. The van der Waals surface area contributed by atoms with Gasteiger partial charge in [-0.25, -0.2) is 0 Å². The maximum absolute atomic E-state index is 4.63. The monoisotopic (exact) mass is 239 g/mol. The Hall–Kier alpha value is -1.61. The summed E-state index contributed by atoms with van der Waals surface area (Å²) >= 11 is 0. The molecular formula is C15H17N3. The number of aromatic nitrogens is 1. The smallest absolute Gasteiger partial charge is 0.0726 e. The molecule has 1 N–H and O–H groups in total. The fourth-order valence-electron chi connectivity index (χ4n) is 3.35. The van der Waals surface area contributed by atoms with Gasteiger partial charge in [0, 0.05) is 41.9 Å². The van der Waals surface area contributed by atoms with E-state index in [2.05, 4.69) is 45.5 Å². The highest BCUT2D eigenvalue weighted by molar-refractivity contribution is 5.92. The van der Waals surface area contributed by atoms with Crippen LogP contribution in [0.25, 0.3) is 10.9 Å². The van der Waals surface area contributed by atoms with Crippen molar-refractivity contribution < 1.29 is 0 Å². The number of hydrogen-bond donors (Lipinski definition) is 1. The Balaban J connectivity index is 1.85. The fourth-order valence-corrected chi connectivity index (χ4v) is 3.35. The minimum Gasteiger partial charge on any atom is -0.365 e. The fraction of sp³-hybridized carbons (Fsp3) is 0.400. The van der Waals surface area contributed by atoms with Gasteiger partial charge in [-0.15, -0.1) is 0 Å². The van der Waals surface area contributed by atoms with Crippen LogP contribution in [0.1, 0.15) is 12.1 Å². The van der Waals surface area contributed by atoms with Gasteiger partial charge < -0.3 is 10.2 Å². The number of fused-ring (bicyclic) bond motifs is 3. The molecule has 2 atom stereocenters. The van der Waals surface area contributed by atoms with E-state index in [1.807, 2.05) is 6.92 Å². The van der Waals surface area contributed by atoms with Gasteiger partial charge in [-0.3, -0.25) is 4.98 Å². The molecule has 18 heavy (non-hydrogen) atoms. The molecule has 2 bridgehead atoms. The van der Waals surface area contributed by atoms with Gasteiger partial charge in [-0.2, -0.15) is 0 Å². The maximum atomic E-state index is 4.63. The molecule has 3 heterocycles. The summed E-state index contributed by atoms with van der Waals surface area (Å²) < 4.78 is 0. The Labute approximate surface area is 107 Å². The molecule has 2 aliphatic heterocycles. The van der Waals surface area contributed by atoms with E-state index in [1.165, 1.54) is 17.5 Å². The predicted octanol–water partition coefficient (Wildman–Crippen LogP) is 2.09. The normalized spacial score (nSPS) is 26.2. The van der Waals surface area contributed by atoms with E-state index < -0.39 is 0 Å². The Morgan fingerprint density at radius 1 is 1.28 bits per heavy atom. The van der Waals surface area contributed by atoms with Gasteiger partial charge in [0.15, 0.2) is 0 Å². The average molecular weight is 239 g/mol. The molecule has 0 amide bonds. The van der Waals surface area contributed by atoms with Crippen LogP contribution in [0.5, 0.6) is 0 Å². The molecule has 2 saturated heterocycles. The molecule has 0 radical (unpaired) electrons. The number of nitrogens with one attached hydrogen (secondary N) is 1. The van der Waals surface area contributed by atoms with Gasteiger partial charge in [0.05, 0.1) is 5.52 Å². The minimum absolute atomic E-state index is 0.668. The van der Waals surface area contributed by atoms with Gasteiger partial charge >= 0.3 is 0 Å². The van der Waals surface area contributed by atoms with Crippen molar-refractivity contribution in [1.82, 2.24) is 10.3 Å². The quantitative estimate of drug-likeness (QED) is 0.826. The standard InChI is InChI=1S/C15H17N3/c1-10-5-6-13-14(17-10)3-2-4-15(13)18-9-11-7-12(18)8-16-11/h2-6,11-12,16H,7-9H2,1H3/t11-,12-/m0/s1. The van der Waals surface area contributed by atoms with Crippen LogP contribution in [-0.4, -0.2) is 30.2 Å². The lowest BCUT2D eigenvalue weighted by Gasteiger charge is -2.30. The zero-order valence-electron chi connectivity index (χ0n) is 10.6. The topological polar surface area (TPSA) is 28.2 Å². The van der Waals surface area contributed by atoms with Crippen molar-refractivity contribution >= 4 is 16.6 Å². The van der Waals surface area contributed by atoms with Crippen LogP contribution >= 0.6 is 0 Å². The molecule has 0 spiro atoms. The summed E-state index contributed by atoms with van der Waals surface area (Å²) in [5.74, 6) is 0. The van der Waals surface area contributed by atoms with Crippen molar-refractivity contribution in [2.24, 2.45) is 0 Å². The number of rotatable bonds is 1. The number of aryl methyl sites for hydroxylation is 1. The third kappa shape index (κ3) is 1.44. The minimum atomic E-state index is 0.668. The van der Waals surface area contributed by atoms with Crippen LogP contribution < -0.4 is 10.2 Å². The molecule has 2 aliphatic rings. The summed E-state index contributed by atoms with van der Waals surface area (Å²) in [7, 11) is 0. The Morgan fingerprint density at radius 3 is 3.00 bits per heavy atom. The zero-order valence-corrected chi connectivity index (χ0v) is 10.6. The van der Waals surface area contributed by atoms with Gasteiger partial charge in [0.2, 0.25) is 0 Å². The summed E-state index contributed by atoms with van der Waals surface area (Å²) in [4.78, 5) is 7.18. The zero-order chi connectivity index (χ0) is 12.1. The van der Waals surface area contributed by atoms with Gasteiger partial charge in [-0.1, -0.05) is 6.07 Å². The third-order valence-electron chi connectivity index (χ3n) is 4.21. The number of benzene rings is 1. The number of nitrogens with zero attached hydrogens (tertiary/aromatic N) is 2. The van der Waals surface area contributed by atoms with Crippen molar-refractivity contribution in [3.63, 3.8) is 0 Å². The van der Waals surface area contributed by atoms with Crippen molar-refractivity contribution in [3.8, 4) is 0 Å². The van der Waals surface area contributed by atoms with E-state index in [1.54, 1.807) is 0 Å². The Morgan fingerprint density at radius 2 is 2.22 bits per heavy atom. The molecule has 1 aromatic heterocycles. The number of anilines is 1. The van der Waals surface area contributed by atoms with Crippen LogP contribution in [0.4, 0.5) is 5.69 Å². The van der Waals surface area contributed by atoms with Crippen molar-refractivity contribution in [1.29, 1.82) is 0 Å². The molecule has 0 aliphatic carbocycles. The van der Waals surface area contributed by atoms with Gasteiger partial charge in [-0.05, 0) is 37.6 Å². The summed E-state index contributed by atoms with van der Waals surface area (Å²) in [5.41, 5.74) is 3.56. The van der Waals surface area contributed by atoms with E-state index in [0.29, 0.717) is 12.1 Å². The van der Waals surface area contributed by atoms with Crippen LogP contribution in [-0.2, 0) is 0 Å². The number of piperazine rings is 1. The first kappa shape index (κ1) is 10.3. The molecule has 2 fully saturated rings. The first-order valence-electron chi connectivity index (χ1n) is 6.68. The van der Waals surface area contributed by atoms with Crippen LogP contribution in [0, 0.1) is 6.92 Å². The van der Waals surface area contributed by atoms with Gasteiger partial charge in [0.25, 0.3) is 0 Å². The molecule has 4 rings (SSSR count). The summed E-state index contributed by atoms with van der Waals surface area (Å²) in [6.07, 6.45) is 1.29. The van der Waals surface area contributed by atoms with Gasteiger partial charge in [0.1, 0.15) is 0 Å². The summed E-state index contributed by atoms with van der Waals surface area (Å²) in [5, 5.41) is 4.84. The number of hydrogen-bond acceptors (Lipinski definition) is 3. The molecular weight excluding hydrogens is 222 g/mol. The Bertz CT molecular complexity index is 608. The lowest BCUT2D eigenvalue weighted by molar-refractivity contribution is 0.581. The molecule has 92 valence electrons. The lowest BCUT2D eigenvalue weighted by Crippen LogP contribution is -2.43. The average Bonchev–Trinajstić information content (AvgIpc) is 2.99. The highest BCUT2D eigenvalue weighted by Gasteiger charge is 2.37. The highest BCUT2D eigenvalue weighted by atomic mass is 15.3. The molecule has 1 aromatic carbocycles. The summed E-state index contributed by atoms with van der Waals surface area (Å²) in [6, 6.07) is 12.2. The largest absolute Gasteiger partial charge is 0.365 e. The first-order valence-corrected chi connectivity index (χ1v) is 6.68. The van der Waals surface area contributed by atoms with E-state index in [-0.39, 0.29) is 0 Å². The van der Waals surface area contributed by atoms with Crippen LogP contribution in [0.2, 0.25) is 0 Å².